The number of likely N-dealkylation sites (N-methyl/N-ethyl adjacent to an activating group) is 1. The number of aromatic hydroxyl groups is 1. The van der Waals surface area contributed by atoms with Gasteiger partial charge in [-0.05, 0) is 38.2 Å². The van der Waals surface area contributed by atoms with E-state index < -0.39 is 0 Å². The molecule has 2 aromatic carbocycles. The zero-order valence-corrected chi connectivity index (χ0v) is 19.3. The van der Waals surface area contributed by atoms with Gasteiger partial charge in [0.2, 0.25) is 0 Å². The van der Waals surface area contributed by atoms with Crippen molar-refractivity contribution in [2.45, 2.75) is 18.4 Å². The van der Waals surface area contributed by atoms with Crippen LogP contribution in [-0.2, 0) is 0 Å². The molecule has 164 valence electrons. The largest absolute Gasteiger partial charge is 0.507 e. The van der Waals surface area contributed by atoms with Gasteiger partial charge >= 0.3 is 0 Å². The summed E-state index contributed by atoms with van der Waals surface area (Å²) in [6.07, 6.45) is 0.809. The van der Waals surface area contributed by atoms with Crippen molar-refractivity contribution in [2.24, 2.45) is 0 Å². The van der Waals surface area contributed by atoms with Crippen LogP contribution in [0.3, 0.4) is 0 Å². The fourth-order valence-electron chi connectivity index (χ4n) is 4.44. The number of likely N-dealkylation sites (tertiary alicyclic amines) is 1. The SMILES string of the molecule is COc1cc(OC)c(C2CCN(C)C2CO)c(O)c1-c1cc(-c2cccc(Br)c2)n[nH]1. The average Bonchev–Trinajstić information content (AvgIpc) is 3.39. The van der Waals surface area contributed by atoms with Crippen molar-refractivity contribution in [1.29, 1.82) is 0 Å². The first-order chi connectivity index (χ1) is 15.0. The average molecular weight is 488 g/mol. The van der Waals surface area contributed by atoms with E-state index in [0.717, 1.165) is 28.7 Å². The van der Waals surface area contributed by atoms with Gasteiger partial charge in [-0.25, -0.2) is 0 Å². The first-order valence-electron chi connectivity index (χ1n) is 10.1. The van der Waals surface area contributed by atoms with Crippen molar-refractivity contribution in [3.8, 4) is 39.8 Å². The van der Waals surface area contributed by atoms with Crippen LogP contribution < -0.4 is 9.47 Å². The van der Waals surface area contributed by atoms with Gasteiger partial charge in [-0.15, -0.1) is 0 Å². The molecular formula is C23H26BrN3O4. The Kier molecular flexibility index (Phi) is 6.22. The second-order valence-corrected chi connectivity index (χ2v) is 8.64. The first kappa shape index (κ1) is 21.7. The number of phenolic OH excluding ortho intramolecular Hbond substituents is 1. The lowest BCUT2D eigenvalue weighted by Crippen LogP contribution is -2.32. The number of hydrogen-bond donors (Lipinski definition) is 3. The van der Waals surface area contributed by atoms with Crippen LogP contribution in [0, 0.1) is 0 Å². The molecule has 2 unspecified atom stereocenters. The van der Waals surface area contributed by atoms with Gasteiger partial charge in [-0.2, -0.15) is 5.10 Å². The Labute approximate surface area is 189 Å². The predicted molar refractivity (Wildman–Crippen MR) is 123 cm³/mol. The zero-order valence-electron chi connectivity index (χ0n) is 17.7. The number of rotatable bonds is 6. The molecule has 2 atom stereocenters. The van der Waals surface area contributed by atoms with E-state index >= 15 is 0 Å². The number of nitrogens with one attached hydrogen (secondary N) is 1. The summed E-state index contributed by atoms with van der Waals surface area (Å²) >= 11 is 3.49. The minimum absolute atomic E-state index is 0.00220. The summed E-state index contributed by atoms with van der Waals surface area (Å²) in [6, 6.07) is 11.4. The van der Waals surface area contributed by atoms with Gasteiger partial charge < -0.3 is 24.6 Å². The number of halogens is 1. The summed E-state index contributed by atoms with van der Waals surface area (Å²) in [4.78, 5) is 2.11. The van der Waals surface area contributed by atoms with Gasteiger partial charge in [0, 0.05) is 33.6 Å². The van der Waals surface area contributed by atoms with E-state index in [2.05, 4.69) is 31.0 Å². The smallest absolute Gasteiger partial charge is 0.135 e. The minimum Gasteiger partial charge on any atom is -0.507 e. The van der Waals surface area contributed by atoms with E-state index in [0.29, 0.717) is 28.3 Å². The van der Waals surface area contributed by atoms with Crippen LogP contribution in [0.1, 0.15) is 17.9 Å². The number of phenols is 1. The number of aromatic nitrogens is 2. The highest BCUT2D eigenvalue weighted by atomic mass is 79.9. The molecule has 1 aromatic heterocycles. The fourth-order valence-corrected chi connectivity index (χ4v) is 4.84. The quantitative estimate of drug-likeness (QED) is 0.486. The Morgan fingerprint density at radius 1 is 1.19 bits per heavy atom. The number of methoxy groups -OCH3 is 2. The van der Waals surface area contributed by atoms with Crippen LogP contribution >= 0.6 is 15.9 Å². The van der Waals surface area contributed by atoms with Crippen molar-refractivity contribution in [3.63, 3.8) is 0 Å². The van der Waals surface area contributed by atoms with Crippen LogP contribution in [0.5, 0.6) is 17.2 Å². The summed E-state index contributed by atoms with van der Waals surface area (Å²) in [5, 5.41) is 28.9. The molecule has 4 rings (SSSR count). The molecule has 1 saturated heterocycles. The number of aromatic amines is 1. The monoisotopic (exact) mass is 487 g/mol. The van der Waals surface area contributed by atoms with Crippen molar-refractivity contribution in [1.82, 2.24) is 15.1 Å². The second-order valence-electron chi connectivity index (χ2n) is 7.72. The molecule has 0 spiro atoms. The lowest BCUT2D eigenvalue weighted by atomic mass is 9.88. The summed E-state index contributed by atoms with van der Waals surface area (Å²) in [5.74, 6) is 1.04. The van der Waals surface area contributed by atoms with Crippen LogP contribution in [-0.4, -0.2) is 65.8 Å². The Bertz CT molecular complexity index is 1080. The fraction of sp³-hybridized carbons (Fsp3) is 0.348. The molecule has 0 aliphatic carbocycles. The summed E-state index contributed by atoms with van der Waals surface area (Å²) in [7, 11) is 5.11. The number of aliphatic hydroxyl groups is 1. The van der Waals surface area contributed by atoms with Crippen LogP contribution in [0.4, 0.5) is 0 Å². The number of aliphatic hydroxyl groups excluding tert-OH is 1. The summed E-state index contributed by atoms with van der Waals surface area (Å²) in [6.45, 7) is 0.832. The third-order valence-electron chi connectivity index (χ3n) is 6.05. The van der Waals surface area contributed by atoms with Crippen molar-refractivity contribution < 1.29 is 19.7 Å². The van der Waals surface area contributed by atoms with Crippen molar-refractivity contribution in [3.05, 3.63) is 46.4 Å². The van der Waals surface area contributed by atoms with Crippen LogP contribution in [0.15, 0.2) is 40.9 Å². The number of hydrogen-bond acceptors (Lipinski definition) is 6. The van der Waals surface area contributed by atoms with Crippen molar-refractivity contribution in [2.75, 3.05) is 34.4 Å². The van der Waals surface area contributed by atoms with Gasteiger partial charge in [-0.1, -0.05) is 28.1 Å². The normalized spacial score (nSPS) is 19.0. The molecule has 1 aliphatic heterocycles. The molecule has 7 nitrogen and oxygen atoms in total. The summed E-state index contributed by atoms with van der Waals surface area (Å²) in [5.41, 5.74) is 3.55. The highest BCUT2D eigenvalue weighted by Crippen LogP contribution is 2.50. The topological polar surface area (TPSA) is 90.8 Å². The molecule has 0 bridgehead atoms. The van der Waals surface area contributed by atoms with E-state index in [1.807, 2.05) is 37.4 Å². The lowest BCUT2D eigenvalue weighted by molar-refractivity contribution is 0.171. The van der Waals surface area contributed by atoms with E-state index in [4.69, 9.17) is 9.47 Å². The number of H-pyrrole nitrogens is 1. The standard InChI is InChI=1S/C23H26BrN3O4/c1-27-8-7-15(18(27)12-28)21-19(30-2)11-20(31-3)22(23(21)29)17-10-16(25-26-17)13-5-4-6-14(24)9-13/h4-6,9-11,15,18,28-29H,7-8,12H2,1-3H3,(H,25,26). The highest BCUT2D eigenvalue weighted by molar-refractivity contribution is 9.10. The van der Waals surface area contributed by atoms with Gasteiger partial charge in [0.05, 0.1) is 37.8 Å². The van der Waals surface area contributed by atoms with Crippen LogP contribution in [0.25, 0.3) is 22.5 Å². The first-order valence-corrected chi connectivity index (χ1v) is 10.9. The number of ether oxygens (including phenoxy) is 2. The molecule has 3 N–H and O–H groups in total. The molecule has 0 radical (unpaired) electrons. The Morgan fingerprint density at radius 2 is 1.97 bits per heavy atom. The van der Waals surface area contributed by atoms with E-state index in [9.17, 15) is 10.2 Å². The van der Waals surface area contributed by atoms with E-state index in [-0.39, 0.29) is 24.3 Å². The van der Waals surface area contributed by atoms with E-state index in [1.54, 1.807) is 20.3 Å². The molecule has 2 heterocycles. The second kappa shape index (κ2) is 8.90. The van der Waals surface area contributed by atoms with Gasteiger partial charge in [0.25, 0.3) is 0 Å². The molecule has 8 heteroatoms. The Morgan fingerprint density at radius 3 is 2.65 bits per heavy atom. The maximum absolute atomic E-state index is 11.4. The maximum atomic E-state index is 11.4. The highest BCUT2D eigenvalue weighted by Gasteiger charge is 2.37. The zero-order chi connectivity index (χ0) is 22.1. The van der Waals surface area contributed by atoms with Crippen LogP contribution in [0.2, 0.25) is 0 Å². The van der Waals surface area contributed by atoms with Gasteiger partial charge in [0.15, 0.2) is 0 Å². The third-order valence-corrected chi connectivity index (χ3v) is 6.55. The van der Waals surface area contributed by atoms with Crippen molar-refractivity contribution >= 4 is 15.9 Å². The Balaban J connectivity index is 1.85. The third kappa shape index (κ3) is 3.91. The summed E-state index contributed by atoms with van der Waals surface area (Å²) < 4.78 is 12.2. The van der Waals surface area contributed by atoms with Gasteiger partial charge in [0.1, 0.15) is 17.2 Å². The molecule has 3 aromatic rings. The predicted octanol–water partition coefficient (Wildman–Crippen LogP) is 4.01. The lowest BCUT2D eigenvalue weighted by Gasteiger charge is -2.26. The minimum atomic E-state index is -0.0972. The molecule has 1 aliphatic rings. The molecule has 31 heavy (non-hydrogen) atoms. The molecule has 1 fully saturated rings. The molecular weight excluding hydrogens is 462 g/mol. The molecule has 0 saturated carbocycles. The number of nitrogens with zero attached hydrogens (tertiary/aromatic N) is 2. The number of benzene rings is 2. The Hall–Kier alpha value is -2.55. The molecule has 0 amide bonds. The van der Waals surface area contributed by atoms with E-state index in [1.165, 1.54) is 0 Å². The maximum Gasteiger partial charge on any atom is 0.135 e. The van der Waals surface area contributed by atoms with Gasteiger partial charge in [-0.3, -0.25) is 5.10 Å².